The third kappa shape index (κ3) is 5.38. The van der Waals surface area contributed by atoms with Crippen molar-refractivity contribution in [2.75, 3.05) is 6.54 Å². The highest BCUT2D eigenvalue weighted by molar-refractivity contribution is 6.30. The molecule has 0 saturated heterocycles. The smallest absolute Gasteiger partial charge is 0.221 e. The molecule has 0 fully saturated rings. The highest BCUT2D eigenvalue weighted by atomic mass is 35.5. The van der Waals surface area contributed by atoms with Crippen LogP contribution in [0.25, 0.3) is 11.1 Å². The van der Waals surface area contributed by atoms with E-state index in [2.05, 4.69) is 5.32 Å². The van der Waals surface area contributed by atoms with Gasteiger partial charge in [0.2, 0.25) is 5.91 Å². The minimum atomic E-state index is -0.0192. The molecule has 0 saturated carbocycles. The van der Waals surface area contributed by atoms with E-state index < -0.39 is 0 Å². The van der Waals surface area contributed by atoms with Gasteiger partial charge in [0.15, 0.2) is 0 Å². The summed E-state index contributed by atoms with van der Waals surface area (Å²) in [6, 6.07) is 15.8. The van der Waals surface area contributed by atoms with E-state index in [1.54, 1.807) is 0 Å². The third-order valence-electron chi connectivity index (χ3n) is 2.99. The van der Waals surface area contributed by atoms with Crippen LogP contribution in [0.15, 0.2) is 48.5 Å². The molecule has 0 bridgehead atoms. The molecule has 0 heterocycles. The molecular weight excluding hydrogens is 307 g/mol. The van der Waals surface area contributed by atoms with Gasteiger partial charge in [0, 0.05) is 24.5 Å². The summed E-state index contributed by atoms with van der Waals surface area (Å²) in [6.07, 6.45) is 0.364. The lowest BCUT2D eigenvalue weighted by atomic mass is 10.0. The summed E-state index contributed by atoms with van der Waals surface area (Å²) in [4.78, 5) is 11.3. The van der Waals surface area contributed by atoms with E-state index in [0.717, 1.165) is 21.7 Å². The molecule has 2 aromatic rings. The Balaban J connectivity index is 0.00000220. The third-order valence-corrected chi connectivity index (χ3v) is 3.24. The summed E-state index contributed by atoms with van der Waals surface area (Å²) >= 11 is 5.87. The van der Waals surface area contributed by atoms with Crippen molar-refractivity contribution in [3.63, 3.8) is 0 Å². The van der Waals surface area contributed by atoms with Gasteiger partial charge in [0.05, 0.1) is 0 Å². The van der Waals surface area contributed by atoms with Gasteiger partial charge in [-0.2, -0.15) is 0 Å². The quantitative estimate of drug-likeness (QED) is 0.885. The Kier molecular flexibility index (Phi) is 7.23. The molecular formula is C16H18Cl2N2O. The fourth-order valence-corrected chi connectivity index (χ4v) is 2.00. The molecule has 0 aliphatic carbocycles. The van der Waals surface area contributed by atoms with Crippen LogP contribution in [0.2, 0.25) is 5.02 Å². The maximum atomic E-state index is 11.3. The summed E-state index contributed by atoms with van der Waals surface area (Å²) in [5.41, 5.74) is 8.63. The van der Waals surface area contributed by atoms with E-state index in [9.17, 15) is 4.79 Å². The molecule has 112 valence electrons. The molecule has 5 heteroatoms. The van der Waals surface area contributed by atoms with Gasteiger partial charge in [-0.3, -0.25) is 4.79 Å². The zero-order valence-electron chi connectivity index (χ0n) is 11.5. The van der Waals surface area contributed by atoms with Crippen LogP contribution in [-0.2, 0) is 11.3 Å². The van der Waals surface area contributed by atoms with Crippen LogP contribution < -0.4 is 11.1 Å². The van der Waals surface area contributed by atoms with Crippen LogP contribution in [-0.4, -0.2) is 12.5 Å². The minimum Gasteiger partial charge on any atom is -0.352 e. The zero-order valence-corrected chi connectivity index (χ0v) is 13.1. The predicted molar refractivity (Wildman–Crippen MR) is 89.7 cm³/mol. The van der Waals surface area contributed by atoms with E-state index in [1.165, 1.54) is 0 Å². The molecule has 3 N–H and O–H groups in total. The molecule has 0 atom stereocenters. The van der Waals surface area contributed by atoms with Crippen LogP contribution in [0.1, 0.15) is 12.0 Å². The molecule has 0 spiro atoms. The Labute approximate surface area is 135 Å². The van der Waals surface area contributed by atoms with Gasteiger partial charge >= 0.3 is 0 Å². The molecule has 1 amide bonds. The van der Waals surface area contributed by atoms with Gasteiger partial charge in [0.1, 0.15) is 0 Å². The largest absolute Gasteiger partial charge is 0.352 e. The van der Waals surface area contributed by atoms with Gasteiger partial charge in [-0.15, -0.1) is 12.4 Å². The first-order chi connectivity index (χ1) is 9.69. The molecule has 3 nitrogen and oxygen atoms in total. The topological polar surface area (TPSA) is 55.1 Å². The molecule has 2 rings (SSSR count). The monoisotopic (exact) mass is 324 g/mol. The summed E-state index contributed by atoms with van der Waals surface area (Å²) < 4.78 is 0. The number of nitrogens with two attached hydrogens (primary N) is 1. The number of rotatable bonds is 5. The number of hydrogen-bond acceptors (Lipinski definition) is 2. The lowest BCUT2D eigenvalue weighted by Crippen LogP contribution is -2.24. The lowest BCUT2D eigenvalue weighted by molar-refractivity contribution is -0.121. The summed E-state index contributed by atoms with van der Waals surface area (Å²) in [5, 5.41) is 3.56. The van der Waals surface area contributed by atoms with Crippen LogP contribution in [0, 0.1) is 0 Å². The van der Waals surface area contributed by atoms with Crippen molar-refractivity contribution >= 4 is 29.9 Å². The van der Waals surface area contributed by atoms with Gasteiger partial charge in [0.25, 0.3) is 0 Å². The first kappa shape index (κ1) is 17.5. The number of halogens is 2. The number of carbonyl (C=O) groups is 1. The van der Waals surface area contributed by atoms with Crippen molar-refractivity contribution in [3.05, 3.63) is 59.1 Å². The van der Waals surface area contributed by atoms with Crippen LogP contribution >= 0.6 is 24.0 Å². The van der Waals surface area contributed by atoms with Gasteiger partial charge in [-0.05, 0) is 28.8 Å². The van der Waals surface area contributed by atoms with E-state index in [1.807, 2.05) is 48.5 Å². The van der Waals surface area contributed by atoms with Gasteiger partial charge in [-0.1, -0.05) is 48.0 Å². The van der Waals surface area contributed by atoms with Crippen molar-refractivity contribution in [3.8, 4) is 11.1 Å². The Hall–Kier alpha value is -1.55. The van der Waals surface area contributed by atoms with Crippen LogP contribution in [0.4, 0.5) is 0 Å². The Morgan fingerprint density at radius 3 is 2.05 bits per heavy atom. The molecule has 0 aliphatic heterocycles. The SMILES string of the molecule is Cl.NCCC(=O)NCc1ccc(-c2ccc(Cl)cc2)cc1. The highest BCUT2D eigenvalue weighted by Gasteiger charge is 2.01. The highest BCUT2D eigenvalue weighted by Crippen LogP contribution is 2.21. The second-order valence-corrected chi connectivity index (χ2v) is 4.96. The lowest BCUT2D eigenvalue weighted by Gasteiger charge is -2.06. The Morgan fingerprint density at radius 1 is 1.00 bits per heavy atom. The van der Waals surface area contributed by atoms with Gasteiger partial charge in [-0.25, -0.2) is 0 Å². The number of nitrogens with one attached hydrogen (secondary N) is 1. The summed E-state index contributed by atoms with van der Waals surface area (Å²) in [7, 11) is 0. The number of amides is 1. The molecule has 0 unspecified atom stereocenters. The van der Waals surface area contributed by atoms with E-state index in [0.29, 0.717) is 19.5 Å². The molecule has 21 heavy (non-hydrogen) atoms. The number of hydrogen-bond donors (Lipinski definition) is 2. The summed E-state index contributed by atoms with van der Waals surface area (Å²) in [5.74, 6) is -0.0192. The van der Waals surface area contributed by atoms with Crippen molar-refractivity contribution < 1.29 is 4.79 Å². The fraction of sp³-hybridized carbons (Fsp3) is 0.188. The average molecular weight is 325 g/mol. The summed E-state index contributed by atoms with van der Waals surface area (Å²) in [6.45, 7) is 0.904. The first-order valence-corrected chi connectivity index (χ1v) is 6.88. The van der Waals surface area contributed by atoms with Gasteiger partial charge < -0.3 is 11.1 Å². The molecule has 0 aromatic heterocycles. The normalized spacial score (nSPS) is 9.81. The first-order valence-electron chi connectivity index (χ1n) is 6.50. The molecule has 2 aromatic carbocycles. The second kappa shape index (κ2) is 8.67. The minimum absolute atomic E-state index is 0. The van der Waals surface area contributed by atoms with E-state index in [4.69, 9.17) is 17.3 Å². The number of carbonyl (C=O) groups excluding carboxylic acids is 1. The Bertz CT molecular complexity index is 568. The predicted octanol–water partition coefficient (Wildman–Crippen LogP) is 3.39. The van der Waals surface area contributed by atoms with Crippen molar-refractivity contribution in [1.82, 2.24) is 5.32 Å². The zero-order chi connectivity index (χ0) is 14.4. The Morgan fingerprint density at radius 2 is 1.52 bits per heavy atom. The van der Waals surface area contributed by atoms with E-state index >= 15 is 0 Å². The van der Waals surface area contributed by atoms with Crippen LogP contribution in [0.5, 0.6) is 0 Å². The number of benzene rings is 2. The second-order valence-electron chi connectivity index (χ2n) is 4.52. The van der Waals surface area contributed by atoms with Crippen molar-refractivity contribution in [2.45, 2.75) is 13.0 Å². The van der Waals surface area contributed by atoms with Crippen molar-refractivity contribution in [2.24, 2.45) is 5.73 Å². The van der Waals surface area contributed by atoms with Crippen molar-refractivity contribution in [1.29, 1.82) is 0 Å². The van der Waals surface area contributed by atoms with E-state index in [-0.39, 0.29) is 18.3 Å². The maximum absolute atomic E-state index is 11.3. The standard InChI is InChI=1S/C16H17ClN2O.ClH/c17-15-7-5-14(6-8-15)13-3-1-12(2-4-13)11-19-16(20)9-10-18;/h1-8H,9-11,18H2,(H,19,20);1H. The van der Waals surface area contributed by atoms with Crippen LogP contribution in [0.3, 0.4) is 0 Å². The maximum Gasteiger partial charge on any atom is 0.221 e. The molecule has 0 radical (unpaired) electrons. The average Bonchev–Trinajstić information content (AvgIpc) is 2.47. The fourth-order valence-electron chi connectivity index (χ4n) is 1.88. The molecule has 0 aliphatic rings.